The van der Waals surface area contributed by atoms with Gasteiger partial charge in [0, 0.05) is 13.1 Å². The predicted octanol–water partition coefficient (Wildman–Crippen LogP) is 5.87. The molecule has 0 atom stereocenters. The van der Waals surface area contributed by atoms with Crippen LogP contribution in [0.3, 0.4) is 0 Å². The Morgan fingerprint density at radius 1 is 0.921 bits per heavy atom. The number of carbonyl (C=O) groups excluding carboxylic acids is 3. The van der Waals surface area contributed by atoms with E-state index in [2.05, 4.69) is 24.3 Å². The summed E-state index contributed by atoms with van der Waals surface area (Å²) in [6.45, 7) is 3.87. The fraction of sp³-hybridized carbons (Fsp3) is 0.300. The number of amides is 3. The van der Waals surface area contributed by atoms with Gasteiger partial charge in [-0.3, -0.25) is 19.3 Å². The first-order valence-corrected chi connectivity index (χ1v) is 13.7. The van der Waals surface area contributed by atoms with E-state index in [4.69, 9.17) is 9.47 Å². The summed E-state index contributed by atoms with van der Waals surface area (Å²) in [4.78, 5) is 41.2. The van der Waals surface area contributed by atoms with Crippen LogP contribution >= 0.6 is 11.8 Å². The average molecular weight is 531 g/mol. The molecule has 2 aliphatic rings. The molecule has 3 aromatic rings. The Morgan fingerprint density at radius 3 is 2.50 bits per heavy atom. The summed E-state index contributed by atoms with van der Waals surface area (Å²) >= 11 is 0.853. The number of fused-ring (bicyclic) bond motifs is 1. The van der Waals surface area contributed by atoms with E-state index in [1.807, 2.05) is 37.3 Å². The molecule has 2 saturated heterocycles. The van der Waals surface area contributed by atoms with Gasteiger partial charge in [0.15, 0.2) is 11.5 Å². The van der Waals surface area contributed by atoms with Gasteiger partial charge in [-0.1, -0.05) is 42.5 Å². The quantitative estimate of drug-likeness (QED) is 0.339. The smallest absolute Gasteiger partial charge is 0.294 e. The number of ether oxygens (including phenoxy) is 2. The van der Waals surface area contributed by atoms with Crippen molar-refractivity contribution in [1.29, 1.82) is 0 Å². The zero-order chi connectivity index (χ0) is 26.5. The van der Waals surface area contributed by atoms with E-state index in [1.165, 1.54) is 5.39 Å². The minimum atomic E-state index is -0.444. The van der Waals surface area contributed by atoms with Gasteiger partial charge in [-0.2, -0.15) is 0 Å². The van der Waals surface area contributed by atoms with Gasteiger partial charge in [0.2, 0.25) is 5.91 Å². The maximum Gasteiger partial charge on any atom is 0.294 e. The van der Waals surface area contributed by atoms with Crippen LogP contribution in [0.25, 0.3) is 16.8 Å². The molecule has 0 saturated carbocycles. The summed E-state index contributed by atoms with van der Waals surface area (Å²) in [5, 5.41) is 1.91. The molecule has 2 heterocycles. The van der Waals surface area contributed by atoms with Crippen molar-refractivity contribution in [3.8, 4) is 11.5 Å². The fourth-order valence-corrected chi connectivity index (χ4v) is 5.50. The minimum Gasteiger partial charge on any atom is -0.490 e. The number of piperidine rings is 1. The fourth-order valence-electron chi connectivity index (χ4n) is 4.66. The van der Waals surface area contributed by atoms with E-state index in [0.29, 0.717) is 43.4 Å². The van der Waals surface area contributed by atoms with Crippen LogP contribution in [-0.2, 0) is 16.2 Å². The van der Waals surface area contributed by atoms with Crippen LogP contribution in [0.1, 0.15) is 37.3 Å². The summed E-state index contributed by atoms with van der Waals surface area (Å²) in [5.41, 5.74) is 1.75. The van der Waals surface area contributed by atoms with Gasteiger partial charge in [0.25, 0.3) is 11.1 Å². The number of benzene rings is 3. The lowest BCUT2D eigenvalue weighted by atomic mass is 10.1. The van der Waals surface area contributed by atoms with Crippen LogP contribution in [0.15, 0.2) is 65.6 Å². The van der Waals surface area contributed by atoms with E-state index >= 15 is 0 Å². The molecule has 196 valence electrons. The molecule has 0 bridgehead atoms. The van der Waals surface area contributed by atoms with E-state index in [1.54, 1.807) is 17.0 Å². The number of nitrogens with zero attached hydrogens (tertiary/aromatic N) is 2. The molecule has 2 fully saturated rings. The van der Waals surface area contributed by atoms with Crippen LogP contribution < -0.4 is 9.47 Å². The summed E-state index contributed by atoms with van der Waals surface area (Å²) in [6, 6.07) is 19.8. The third-order valence-corrected chi connectivity index (χ3v) is 7.56. The second-order valence-electron chi connectivity index (χ2n) is 9.32. The molecule has 0 aliphatic carbocycles. The second-order valence-corrected chi connectivity index (χ2v) is 10.3. The normalized spacial score (nSPS) is 16.9. The van der Waals surface area contributed by atoms with Gasteiger partial charge >= 0.3 is 0 Å². The third-order valence-electron chi connectivity index (χ3n) is 6.65. The summed E-state index contributed by atoms with van der Waals surface area (Å²) < 4.78 is 11.9. The molecule has 0 aromatic heterocycles. The first-order valence-electron chi connectivity index (χ1n) is 12.9. The highest BCUT2D eigenvalue weighted by atomic mass is 32.2. The van der Waals surface area contributed by atoms with Crippen LogP contribution in [0.4, 0.5) is 4.79 Å². The Balaban J connectivity index is 1.28. The van der Waals surface area contributed by atoms with Crippen molar-refractivity contribution >= 4 is 45.7 Å². The Labute approximate surface area is 226 Å². The van der Waals surface area contributed by atoms with E-state index in [-0.39, 0.29) is 17.4 Å². The molecule has 0 spiro atoms. The number of imide groups is 1. The van der Waals surface area contributed by atoms with Crippen LogP contribution in [-0.4, -0.2) is 53.1 Å². The average Bonchev–Trinajstić information content (AvgIpc) is 3.20. The predicted molar refractivity (Wildman–Crippen MR) is 149 cm³/mol. The largest absolute Gasteiger partial charge is 0.490 e. The Hall–Kier alpha value is -3.78. The first kappa shape index (κ1) is 25.9. The van der Waals surface area contributed by atoms with E-state index in [9.17, 15) is 14.4 Å². The van der Waals surface area contributed by atoms with Crippen LogP contribution in [0.2, 0.25) is 0 Å². The molecule has 2 aliphatic heterocycles. The number of hydrogen-bond donors (Lipinski definition) is 0. The lowest BCUT2D eigenvalue weighted by Crippen LogP contribution is -2.44. The van der Waals surface area contributed by atoms with Crippen molar-refractivity contribution in [2.45, 2.75) is 32.8 Å². The number of rotatable bonds is 8. The van der Waals surface area contributed by atoms with Gasteiger partial charge in [0.05, 0.1) is 11.5 Å². The number of hydrogen-bond acceptors (Lipinski definition) is 6. The molecule has 7 nitrogen and oxygen atoms in total. The highest BCUT2D eigenvalue weighted by molar-refractivity contribution is 8.18. The minimum absolute atomic E-state index is 0.181. The van der Waals surface area contributed by atoms with Crippen molar-refractivity contribution in [1.82, 2.24) is 9.80 Å². The molecule has 0 N–H and O–H groups in total. The lowest BCUT2D eigenvalue weighted by molar-refractivity contribution is -0.136. The first-order chi connectivity index (χ1) is 18.5. The molecule has 38 heavy (non-hydrogen) atoms. The SMILES string of the molecule is CCOc1cc(/C=C2\SC(=O)N(CC(=O)N3CCCCC3)C2=O)ccc1OCc1ccc2ccccc2c1. The third kappa shape index (κ3) is 5.86. The van der Waals surface area contributed by atoms with Crippen LogP contribution in [0, 0.1) is 0 Å². The van der Waals surface area contributed by atoms with Gasteiger partial charge in [-0.15, -0.1) is 0 Å². The highest BCUT2D eigenvalue weighted by Gasteiger charge is 2.37. The molecular weight excluding hydrogens is 500 g/mol. The maximum atomic E-state index is 13.0. The monoisotopic (exact) mass is 530 g/mol. The number of likely N-dealkylation sites (tertiary alicyclic amines) is 1. The van der Waals surface area contributed by atoms with Crippen molar-refractivity contribution in [3.63, 3.8) is 0 Å². The highest BCUT2D eigenvalue weighted by Crippen LogP contribution is 2.35. The van der Waals surface area contributed by atoms with Crippen molar-refractivity contribution in [3.05, 3.63) is 76.7 Å². The number of carbonyl (C=O) groups is 3. The zero-order valence-corrected chi connectivity index (χ0v) is 22.2. The molecule has 0 radical (unpaired) electrons. The Bertz CT molecular complexity index is 1400. The molecule has 3 amide bonds. The molecular formula is C30H30N2O5S. The zero-order valence-electron chi connectivity index (χ0n) is 21.4. The molecule has 5 rings (SSSR count). The van der Waals surface area contributed by atoms with Gasteiger partial charge < -0.3 is 14.4 Å². The van der Waals surface area contributed by atoms with Crippen LogP contribution in [0.5, 0.6) is 11.5 Å². The lowest BCUT2D eigenvalue weighted by Gasteiger charge is -2.27. The van der Waals surface area contributed by atoms with Gasteiger partial charge in [-0.25, -0.2) is 0 Å². The molecule has 8 heteroatoms. The summed E-state index contributed by atoms with van der Waals surface area (Å²) in [6.07, 6.45) is 4.67. The van der Waals surface area contributed by atoms with Crippen molar-refractivity contribution < 1.29 is 23.9 Å². The van der Waals surface area contributed by atoms with Gasteiger partial charge in [-0.05, 0) is 84.1 Å². The van der Waals surface area contributed by atoms with Crippen molar-refractivity contribution in [2.75, 3.05) is 26.2 Å². The summed E-state index contributed by atoms with van der Waals surface area (Å²) in [7, 11) is 0. The van der Waals surface area contributed by atoms with E-state index in [0.717, 1.165) is 46.9 Å². The van der Waals surface area contributed by atoms with Crippen molar-refractivity contribution in [2.24, 2.45) is 0 Å². The van der Waals surface area contributed by atoms with Gasteiger partial charge in [0.1, 0.15) is 13.2 Å². The number of thioether (sulfide) groups is 1. The molecule has 0 unspecified atom stereocenters. The Morgan fingerprint density at radius 2 is 1.71 bits per heavy atom. The van der Waals surface area contributed by atoms with E-state index < -0.39 is 11.1 Å². The second kappa shape index (κ2) is 11.7. The topological polar surface area (TPSA) is 76.2 Å². The Kier molecular flexibility index (Phi) is 7.98. The standard InChI is InChI=1S/C30H30N2O5S/c1-2-36-26-17-21(11-13-25(26)37-20-22-10-12-23-8-4-5-9-24(23)16-22)18-27-29(34)32(30(35)38-27)19-28(33)31-14-6-3-7-15-31/h4-5,8-13,16-18H,2-3,6-7,14-15,19-20H2,1H3/b27-18-. The summed E-state index contributed by atoms with van der Waals surface area (Å²) in [5.74, 6) is 0.527. The molecule has 3 aromatic carbocycles. The maximum absolute atomic E-state index is 13.0.